The number of para-hydroxylation sites is 1. The summed E-state index contributed by atoms with van der Waals surface area (Å²) in [4.78, 5) is 11.7. The maximum atomic E-state index is 11.7. The second-order valence-corrected chi connectivity index (χ2v) is 5.14. The van der Waals surface area contributed by atoms with Gasteiger partial charge in [-0.1, -0.05) is 18.2 Å². The minimum atomic E-state index is -0.551. The molecule has 0 radical (unpaired) electrons. The molecule has 0 aliphatic carbocycles. The van der Waals surface area contributed by atoms with Crippen molar-refractivity contribution >= 4 is 11.9 Å². The van der Waals surface area contributed by atoms with Gasteiger partial charge in [-0.05, 0) is 32.9 Å². The van der Waals surface area contributed by atoms with E-state index in [1.54, 1.807) is 35.0 Å². The fraction of sp³-hybridized carbons (Fsp3) is 0.286. The lowest BCUT2D eigenvalue weighted by Crippen LogP contribution is -2.23. The van der Waals surface area contributed by atoms with Crippen molar-refractivity contribution in [1.82, 2.24) is 9.78 Å². The van der Waals surface area contributed by atoms with E-state index in [2.05, 4.69) is 10.4 Å². The molecule has 1 N–H and O–H groups in total. The highest BCUT2D eigenvalue weighted by atomic mass is 16.6. The van der Waals surface area contributed by atoms with Gasteiger partial charge in [0.25, 0.3) is 0 Å². The summed E-state index contributed by atoms with van der Waals surface area (Å²) in [6.07, 6.45) is 1.27. The van der Waals surface area contributed by atoms with Crippen molar-refractivity contribution in [3.63, 3.8) is 0 Å². The summed E-state index contributed by atoms with van der Waals surface area (Å²) in [5.74, 6) is 0.964. The Hall–Kier alpha value is -2.30. The Morgan fingerprint density at radius 2 is 1.89 bits per heavy atom. The van der Waals surface area contributed by atoms with Crippen LogP contribution in [0.5, 0.6) is 5.75 Å². The monoisotopic (exact) mass is 259 g/mol. The Bertz CT molecular complexity index is 556. The van der Waals surface area contributed by atoms with Crippen LogP contribution in [0.4, 0.5) is 10.6 Å². The number of rotatable bonds is 2. The van der Waals surface area contributed by atoms with Gasteiger partial charge in [-0.25, -0.2) is 4.79 Å². The van der Waals surface area contributed by atoms with Gasteiger partial charge >= 0.3 is 6.09 Å². The van der Waals surface area contributed by atoms with Gasteiger partial charge in [-0.2, -0.15) is 5.10 Å². The zero-order valence-electron chi connectivity index (χ0n) is 11.3. The van der Waals surface area contributed by atoms with Crippen LogP contribution in [0.15, 0.2) is 42.6 Å². The molecular formula is C14H17N3O2. The van der Waals surface area contributed by atoms with Crippen molar-refractivity contribution in [3.8, 4) is 5.75 Å². The summed E-state index contributed by atoms with van der Waals surface area (Å²) in [6.45, 7) is 6.10. The predicted molar refractivity (Wildman–Crippen MR) is 73.3 cm³/mol. The Morgan fingerprint density at radius 3 is 2.47 bits per heavy atom. The molecule has 100 valence electrons. The first-order valence-corrected chi connectivity index (χ1v) is 6.05. The summed E-state index contributed by atoms with van der Waals surface area (Å²) in [6, 6.07) is 10.6. The maximum Gasteiger partial charge on any atom is 0.418 e. The van der Waals surface area contributed by atoms with E-state index in [0.29, 0.717) is 11.6 Å². The van der Waals surface area contributed by atoms with Crippen LogP contribution in [0.3, 0.4) is 0 Å². The van der Waals surface area contributed by atoms with Crippen molar-refractivity contribution in [2.75, 3.05) is 5.32 Å². The van der Waals surface area contributed by atoms with Crippen LogP contribution in [0.2, 0.25) is 0 Å². The van der Waals surface area contributed by atoms with Gasteiger partial charge in [0.1, 0.15) is 5.75 Å². The summed E-state index contributed by atoms with van der Waals surface area (Å²) >= 11 is 0. The average Bonchev–Trinajstić information content (AvgIpc) is 2.78. The van der Waals surface area contributed by atoms with Crippen molar-refractivity contribution in [2.24, 2.45) is 0 Å². The number of anilines is 1. The summed E-state index contributed by atoms with van der Waals surface area (Å²) in [7, 11) is 0. The zero-order valence-corrected chi connectivity index (χ0v) is 11.3. The molecule has 0 fully saturated rings. The molecule has 2 rings (SSSR count). The summed E-state index contributed by atoms with van der Waals surface area (Å²) < 4.78 is 6.90. The van der Waals surface area contributed by atoms with E-state index in [1.807, 2.05) is 33.0 Å². The molecule has 1 aromatic carbocycles. The van der Waals surface area contributed by atoms with Gasteiger partial charge in [0.05, 0.1) is 5.54 Å². The van der Waals surface area contributed by atoms with E-state index < -0.39 is 6.09 Å². The molecule has 0 saturated carbocycles. The van der Waals surface area contributed by atoms with Gasteiger partial charge in [-0.15, -0.1) is 0 Å². The molecule has 5 heteroatoms. The number of nitrogens with one attached hydrogen (secondary N) is 1. The van der Waals surface area contributed by atoms with Crippen LogP contribution >= 0.6 is 0 Å². The Labute approximate surface area is 112 Å². The van der Waals surface area contributed by atoms with Crippen LogP contribution in [0, 0.1) is 0 Å². The molecular weight excluding hydrogens is 242 g/mol. The predicted octanol–water partition coefficient (Wildman–Crippen LogP) is 3.25. The van der Waals surface area contributed by atoms with Gasteiger partial charge in [0.2, 0.25) is 0 Å². The number of nitrogens with zero attached hydrogens (tertiary/aromatic N) is 2. The Morgan fingerprint density at radius 1 is 1.21 bits per heavy atom. The smallest absolute Gasteiger partial charge is 0.410 e. The number of hydrogen-bond acceptors (Lipinski definition) is 3. The minimum absolute atomic E-state index is 0.122. The molecule has 0 aliphatic heterocycles. The highest BCUT2D eigenvalue weighted by Gasteiger charge is 2.15. The second kappa shape index (κ2) is 5.14. The topological polar surface area (TPSA) is 56.2 Å². The number of aromatic nitrogens is 2. The third-order valence-electron chi connectivity index (χ3n) is 2.46. The van der Waals surface area contributed by atoms with Crippen LogP contribution in [0.25, 0.3) is 0 Å². The first-order valence-electron chi connectivity index (χ1n) is 6.05. The number of benzene rings is 1. The van der Waals surface area contributed by atoms with E-state index in [9.17, 15) is 4.79 Å². The quantitative estimate of drug-likeness (QED) is 0.900. The molecule has 5 nitrogen and oxygen atoms in total. The van der Waals surface area contributed by atoms with E-state index in [4.69, 9.17) is 4.74 Å². The number of carbonyl (C=O) groups is 1. The lowest BCUT2D eigenvalue weighted by molar-refractivity contribution is 0.215. The minimum Gasteiger partial charge on any atom is -0.410 e. The number of ether oxygens (including phenoxy) is 1. The number of amides is 1. The zero-order chi connectivity index (χ0) is 13.9. The highest BCUT2D eigenvalue weighted by molar-refractivity contribution is 5.84. The standard InChI is InChI=1S/C14H17N3O2/c1-14(2,3)17-10-9-12(16-17)15-13(18)19-11-7-5-4-6-8-11/h4-10H,1-3H3,(H,15,16,18). The largest absolute Gasteiger partial charge is 0.418 e. The molecule has 0 atom stereocenters. The highest BCUT2D eigenvalue weighted by Crippen LogP contribution is 2.15. The van der Waals surface area contributed by atoms with Crippen molar-refractivity contribution in [2.45, 2.75) is 26.3 Å². The van der Waals surface area contributed by atoms with E-state index in [1.165, 1.54) is 0 Å². The fourth-order valence-corrected chi connectivity index (χ4v) is 1.49. The van der Waals surface area contributed by atoms with Gasteiger partial charge in [0, 0.05) is 12.3 Å². The first kappa shape index (κ1) is 13.1. The number of hydrogen-bond donors (Lipinski definition) is 1. The van der Waals surface area contributed by atoms with Gasteiger partial charge in [0.15, 0.2) is 5.82 Å². The molecule has 1 heterocycles. The molecule has 19 heavy (non-hydrogen) atoms. The van der Waals surface area contributed by atoms with Gasteiger partial charge < -0.3 is 4.74 Å². The normalized spacial score (nSPS) is 11.1. The Balaban J connectivity index is 1.98. The van der Waals surface area contributed by atoms with Gasteiger partial charge in [-0.3, -0.25) is 10.00 Å². The van der Waals surface area contributed by atoms with Crippen LogP contribution in [0.1, 0.15) is 20.8 Å². The lowest BCUT2D eigenvalue weighted by Gasteiger charge is -2.18. The van der Waals surface area contributed by atoms with Crippen molar-refractivity contribution < 1.29 is 9.53 Å². The third-order valence-corrected chi connectivity index (χ3v) is 2.46. The average molecular weight is 259 g/mol. The first-order chi connectivity index (χ1) is 8.95. The molecule has 1 aromatic heterocycles. The molecule has 0 unspecified atom stereocenters. The second-order valence-electron chi connectivity index (χ2n) is 5.14. The lowest BCUT2D eigenvalue weighted by atomic mass is 10.1. The molecule has 0 spiro atoms. The van der Waals surface area contributed by atoms with Crippen molar-refractivity contribution in [3.05, 3.63) is 42.6 Å². The molecule has 1 amide bonds. The third kappa shape index (κ3) is 3.58. The molecule has 2 aromatic rings. The molecule has 0 aliphatic rings. The summed E-state index contributed by atoms with van der Waals surface area (Å²) in [5.41, 5.74) is -0.122. The van der Waals surface area contributed by atoms with Crippen molar-refractivity contribution in [1.29, 1.82) is 0 Å². The van der Waals surface area contributed by atoms with Crippen LogP contribution < -0.4 is 10.1 Å². The maximum absolute atomic E-state index is 11.7. The SMILES string of the molecule is CC(C)(C)n1ccc(NC(=O)Oc2ccccc2)n1. The van der Waals surface area contributed by atoms with E-state index >= 15 is 0 Å². The fourth-order valence-electron chi connectivity index (χ4n) is 1.49. The Kier molecular flexibility index (Phi) is 3.55. The van der Waals surface area contributed by atoms with Crippen LogP contribution in [-0.2, 0) is 5.54 Å². The summed E-state index contributed by atoms with van der Waals surface area (Å²) in [5, 5.41) is 6.86. The van der Waals surface area contributed by atoms with E-state index in [-0.39, 0.29) is 5.54 Å². The van der Waals surface area contributed by atoms with E-state index in [0.717, 1.165) is 0 Å². The molecule has 0 saturated heterocycles. The molecule has 0 bridgehead atoms. The number of carbonyl (C=O) groups excluding carboxylic acids is 1. The van der Waals surface area contributed by atoms with Crippen LogP contribution in [-0.4, -0.2) is 15.9 Å².